The SMILES string of the molecule is CC(C)C(C(=O)O)n1cc(O)c(=O)cc1CN(C)CC(=O)O. The lowest BCUT2D eigenvalue weighted by Crippen LogP contribution is -2.32. The quantitative estimate of drug-likeness (QED) is 0.664. The lowest BCUT2D eigenvalue weighted by molar-refractivity contribution is -0.142. The summed E-state index contributed by atoms with van der Waals surface area (Å²) in [5, 5.41) is 27.7. The van der Waals surface area contributed by atoms with Crippen LogP contribution in [-0.4, -0.2) is 50.3 Å². The molecule has 1 aromatic rings. The van der Waals surface area contributed by atoms with Crippen molar-refractivity contribution in [3.63, 3.8) is 0 Å². The number of rotatable bonds is 7. The molecule has 0 radical (unpaired) electrons. The average molecular weight is 312 g/mol. The third kappa shape index (κ3) is 4.32. The summed E-state index contributed by atoms with van der Waals surface area (Å²) in [6.45, 7) is 3.23. The highest BCUT2D eigenvalue weighted by Crippen LogP contribution is 2.22. The van der Waals surface area contributed by atoms with Crippen molar-refractivity contribution in [2.45, 2.75) is 26.4 Å². The van der Waals surface area contributed by atoms with Gasteiger partial charge in [0.1, 0.15) is 6.04 Å². The molecule has 1 rings (SSSR count). The molecule has 0 aliphatic rings. The van der Waals surface area contributed by atoms with Crippen molar-refractivity contribution in [1.82, 2.24) is 9.47 Å². The van der Waals surface area contributed by atoms with Crippen molar-refractivity contribution in [1.29, 1.82) is 0 Å². The lowest BCUT2D eigenvalue weighted by Gasteiger charge is -2.25. The Morgan fingerprint density at radius 2 is 1.91 bits per heavy atom. The smallest absolute Gasteiger partial charge is 0.326 e. The van der Waals surface area contributed by atoms with E-state index in [1.807, 2.05) is 0 Å². The Kier molecular flexibility index (Phi) is 5.69. The Bertz CT molecular complexity index is 622. The molecule has 0 amide bonds. The van der Waals surface area contributed by atoms with Crippen LogP contribution in [0.5, 0.6) is 5.75 Å². The summed E-state index contributed by atoms with van der Waals surface area (Å²) in [6, 6.07) is 0.158. The molecular formula is C14H20N2O6. The Balaban J connectivity index is 3.30. The van der Waals surface area contributed by atoms with Gasteiger partial charge in [0.05, 0.1) is 12.7 Å². The van der Waals surface area contributed by atoms with Gasteiger partial charge < -0.3 is 19.9 Å². The van der Waals surface area contributed by atoms with Crippen LogP contribution in [0.3, 0.4) is 0 Å². The van der Waals surface area contributed by atoms with Crippen LogP contribution in [0.1, 0.15) is 25.6 Å². The van der Waals surface area contributed by atoms with Crippen LogP contribution in [0.25, 0.3) is 0 Å². The number of carboxylic acids is 2. The third-order valence-corrected chi connectivity index (χ3v) is 3.16. The Morgan fingerprint density at radius 3 is 2.36 bits per heavy atom. The van der Waals surface area contributed by atoms with Crippen LogP contribution in [0.4, 0.5) is 0 Å². The standard InChI is InChI=1S/C14H20N2O6/c1-8(2)13(14(21)22)16-6-11(18)10(17)4-9(16)5-15(3)7-12(19)20/h4,6,8,13,18H,5,7H2,1-3H3,(H,19,20)(H,21,22). The van der Waals surface area contributed by atoms with E-state index in [1.165, 1.54) is 9.47 Å². The van der Waals surface area contributed by atoms with E-state index in [2.05, 4.69) is 0 Å². The highest BCUT2D eigenvalue weighted by atomic mass is 16.4. The van der Waals surface area contributed by atoms with Gasteiger partial charge in [0.25, 0.3) is 0 Å². The minimum Gasteiger partial charge on any atom is -0.503 e. The average Bonchev–Trinajstić information content (AvgIpc) is 2.33. The van der Waals surface area contributed by atoms with Gasteiger partial charge in [0, 0.05) is 18.3 Å². The first-order valence-electron chi connectivity index (χ1n) is 6.70. The van der Waals surface area contributed by atoms with Gasteiger partial charge in [-0.3, -0.25) is 14.5 Å². The van der Waals surface area contributed by atoms with Gasteiger partial charge in [0.15, 0.2) is 5.75 Å². The normalized spacial score (nSPS) is 12.6. The summed E-state index contributed by atoms with van der Waals surface area (Å²) in [5.41, 5.74) is -0.310. The maximum atomic E-state index is 11.6. The van der Waals surface area contributed by atoms with Crippen LogP contribution >= 0.6 is 0 Å². The van der Waals surface area contributed by atoms with E-state index in [4.69, 9.17) is 5.11 Å². The van der Waals surface area contributed by atoms with Crippen LogP contribution in [0.2, 0.25) is 0 Å². The third-order valence-electron chi connectivity index (χ3n) is 3.16. The lowest BCUT2D eigenvalue weighted by atomic mass is 10.0. The van der Waals surface area contributed by atoms with Crippen LogP contribution in [0, 0.1) is 5.92 Å². The first kappa shape index (κ1) is 17.7. The number of carboxylic acid groups (broad SMARTS) is 2. The minimum absolute atomic E-state index is 0.0678. The fourth-order valence-electron chi connectivity index (χ4n) is 2.25. The van der Waals surface area contributed by atoms with Crippen molar-refractivity contribution < 1.29 is 24.9 Å². The largest absolute Gasteiger partial charge is 0.503 e. The van der Waals surface area contributed by atoms with Gasteiger partial charge in [-0.2, -0.15) is 0 Å². The van der Waals surface area contributed by atoms with Crippen LogP contribution in [-0.2, 0) is 16.1 Å². The number of aliphatic carboxylic acids is 2. The topological polar surface area (TPSA) is 120 Å². The predicted molar refractivity (Wildman–Crippen MR) is 77.8 cm³/mol. The predicted octanol–water partition coefficient (Wildman–Crippen LogP) is 0.352. The first-order chi connectivity index (χ1) is 10.1. The van der Waals surface area contributed by atoms with E-state index in [1.54, 1.807) is 20.9 Å². The molecule has 122 valence electrons. The monoisotopic (exact) mass is 312 g/mol. The highest BCUT2D eigenvalue weighted by Gasteiger charge is 2.26. The second kappa shape index (κ2) is 7.08. The van der Waals surface area contributed by atoms with Gasteiger partial charge in [-0.15, -0.1) is 0 Å². The van der Waals surface area contributed by atoms with Gasteiger partial charge in [-0.25, -0.2) is 4.79 Å². The second-order valence-electron chi connectivity index (χ2n) is 5.51. The fourth-order valence-corrected chi connectivity index (χ4v) is 2.25. The maximum Gasteiger partial charge on any atom is 0.326 e. The molecule has 1 heterocycles. The molecule has 1 atom stereocenters. The Labute approximate surface area is 127 Å². The van der Waals surface area contributed by atoms with Crippen molar-refractivity contribution in [2.75, 3.05) is 13.6 Å². The highest BCUT2D eigenvalue weighted by molar-refractivity contribution is 5.72. The molecule has 0 saturated heterocycles. The molecule has 8 heteroatoms. The van der Waals surface area contributed by atoms with Crippen LogP contribution in [0.15, 0.2) is 17.1 Å². The second-order valence-corrected chi connectivity index (χ2v) is 5.51. The fraction of sp³-hybridized carbons (Fsp3) is 0.500. The molecule has 0 aliphatic carbocycles. The van der Waals surface area contributed by atoms with Gasteiger partial charge in [0.2, 0.25) is 5.43 Å². The molecule has 0 saturated carbocycles. The molecule has 0 aliphatic heterocycles. The summed E-state index contributed by atoms with van der Waals surface area (Å²) in [5.74, 6) is -2.96. The van der Waals surface area contributed by atoms with Crippen molar-refractivity contribution >= 4 is 11.9 Å². The zero-order chi connectivity index (χ0) is 17.0. The molecule has 3 N–H and O–H groups in total. The zero-order valence-electron chi connectivity index (χ0n) is 12.7. The molecule has 22 heavy (non-hydrogen) atoms. The summed E-state index contributed by atoms with van der Waals surface area (Å²) in [4.78, 5) is 35.2. The number of nitrogens with zero attached hydrogens (tertiary/aromatic N) is 2. The first-order valence-corrected chi connectivity index (χ1v) is 6.70. The maximum absolute atomic E-state index is 11.6. The molecule has 0 bridgehead atoms. The van der Waals surface area contributed by atoms with E-state index in [0.29, 0.717) is 5.69 Å². The molecule has 8 nitrogen and oxygen atoms in total. The van der Waals surface area contributed by atoms with Gasteiger partial charge in [-0.1, -0.05) is 13.8 Å². The van der Waals surface area contributed by atoms with Crippen molar-refractivity contribution in [2.24, 2.45) is 5.92 Å². The molecule has 0 spiro atoms. The van der Waals surface area contributed by atoms with E-state index in [-0.39, 0.29) is 19.0 Å². The number of hydrogen-bond donors (Lipinski definition) is 3. The zero-order valence-corrected chi connectivity index (χ0v) is 12.7. The van der Waals surface area contributed by atoms with E-state index < -0.39 is 29.2 Å². The molecule has 0 aromatic carbocycles. The number of hydrogen-bond acceptors (Lipinski definition) is 5. The summed E-state index contributed by atoms with van der Waals surface area (Å²) in [6.07, 6.45) is 1.09. The van der Waals surface area contributed by atoms with Gasteiger partial charge in [-0.05, 0) is 13.0 Å². The van der Waals surface area contributed by atoms with Crippen molar-refractivity contribution in [3.8, 4) is 5.75 Å². The Morgan fingerprint density at radius 1 is 1.32 bits per heavy atom. The van der Waals surface area contributed by atoms with Gasteiger partial charge >= 0.3 is 11.9 Å². The van der Waals surface area contributed by atoms with Crippen LogP contribution < -0.4 is 5.43 Å². The number of aromatic nitrogens is 1. The van der Waals surface area contributed by atoms with E-state index >= 15 is 0 Å². The Hall–Kier alpha value is -2.35. The molecule has 1 unspecified atom stereocenters. The minimum atomic E-state index is -1.10. The number of aromatic hydroxyl groups is 1. The number of carbonyl (C=O) groups is 2. The van der Waals surface area contributed by atoms with Crippen molar-refractivity contribution in [3.05, 3.63) is 28.2 Å². The molecular weight excluding hydrogens is 292 g/mol. The summed E-state index contributed by atoms with van der Waals surface area (Å²) >= 11 is 0. The number of pyridine rings is 1. The number of likely N-dealkylation sites (N-methyl/N-ethyl adjacent to an activating group) is 1. The molecule has 1 aromatic heterocycles. The molecule has 0 fully saturated rings. The van der Waals surface area contributed by atoms with E-state index in [9.17, 15) is 24.6 Å². The summed E-state index contributed by atoms with van der Waals surface area (Å²) < 4.78 is 1.31. The van der Waals surface area contributed by atoms with E-state index in [0.717, 1.165) is 12.3 Å². The summed E-state index contributed by atoms with van der Waals surface area (Å²) in [7, 11) is 1.54.